The molecule has 0 bridgehead atoms. The molecule has 2 atom stereocenters. The van der Waals surface area contributed by atoms with Gasteiger partial charge < -0.3 is 10.0 Å². The average molecular weight is 371 g/mol. The molecule has 7 heteroatoms. The van der Waals surface area contributed by atoms with E-state index in [1.54, 1.807) is 17.9 Å². The molecule has 1 heterocycles. The number of carboxylic acid groups (broad SMARTS) is 1. The fraction of sp³-hybridized carbons (Fsp3) is 0.579. The molecule has 1 aliphatic rings. The standard InChI is InChI=1S/C19H24F3NO3/c1-13(10-15-4-2-6-16(11-15)19(20,21)22)18(26)23-9-3-5-14(12-23)7-8-17(24)25/h2,4,6,11,13-14H,3,5,7-10,12H2,1H3,(H,24,25). The molecule has 2 rings (SSSR count). The molecule has 1 fully saturated rings. The topological polar surface area (TPSA) is 57.6 Å². The summed E-state index contributed by atoms with van der Waals surface area (Å²) in [4.78, 5) is 25.1. The van der Waals surface area contributed by atoms with E-state index < -0.39 is 23.6 Å². The van der Waals surface area contributed by atoms with Gasteiger partial charge in [-0.2, -0.15) is 13.2 Å². The van der Waals surface area contributed by atoms with Gasteiger partial charge in [-0.15, -0.1) is 0 Å². The van der Waals surface area contributed by atoms with E-state index in [1.807, 2.05) is 0 Å². The summed E-state index contributed by atoms with van der Waals surface area (Å²) < 4.78 is 38.4. The fourth-order valence-electron chi connectivity index (χ4n) is 3.46. The first-order valence-electron chi connectivity index (χ1n) is 8.83. The zero-order valence-electron chi connectivity index (χ0n) is 14.8. The monoisotopic (exact) mass is 371 g/mol. The summed E-state index contributed by atoms with van der Waals surface area (Å²) in [5, 5.41) is 8.79. The first kappa shape index (κ1) is 20.3. The SMILES string of the molecule is CC(Cc1cccc(C(F)(F)F)c1)C(=O)N1CCCC(CCC(=O)O)C1. The molecule has 0 saturated carbocycles. The van der Waals surface area contributed by atoms with E-state index in [9.17, 15) is 22.8 Å². The van der Waals surface area contributed by atoms with E-state index in [0.717, 1.165) is 25.0 Å². The number of hydrogen-bond donors (Lipinski definition) is 1. The molecule has 0 aliphatic carbocycles. The second-order valence-electron chi connectivity index (χ2n) is 7.03. The van der Waals surface area contributed by atoms with Gasteiger partial charge in [0.15, 0.2) is 0 Å². The molecular formula is C19H24F3NO3. The number of benzene rings is 1. The Morgan fingerprint density at radius 3 is 2.73 bits per heavy atom. The third-order valence-corrected chi connectivity index (χ3v) is 4.81. The van der Waals surface area contributed by atoms with Crippen molar-refractivity contribution in [2.75, 3.05) is 13.1 Å². The normalized spacial score (nSPS) is 19.2. The summed E-state index contributed by atoms with van der Waals surface area (Å²) in [7, 11) is 0. The molecule has 0 spiro atoms. The van der Waals surface area contributed by atoms with Crippen molar-refractivity contribution in [2.24, 2.45) is 11.8 Å². The van der Waals surface area contributed by atoms with Gasteiger partial charge in [-0.3, -0.25) is 9.59 Å². The number of halogens is 3. The number of hydrogen-bond acceptors (Lipinski definition) is 2. The molecule has 1 saturated heterocycles. The van der Waals surface area contributed by atoms with Crippen LogP contribution in [0.25, 0.3) is 0 Å². The number of alkyl halides is 3. The molecule has 0 aromatic heterocycles. The van der Waals surface area contributed by atoms with Gasteiger partial charge in [-0.25, -0.2) is 0 Å². The smallest absolute Gasteiger partial charge is 0.416 e. The van der Waals surface area contributed by atoms with Crippen LogP contribution in [0.2, 0.25) is 0 Å². The summed E-state index contributed by atoms with van der Waals surface area (Å²) in [6, 6.07) is 5.08. The Morgan fingerprint density at radius 1 is 1.35 bits per heavy atom. The Morgan fingerprint density at radius 2 is 2.08 bits per heavy atom. The van der Waals surface area contributed by atoms with Crippen molar-refractivity contribution >= 4 is 11.9 Å². The number of carboxylic acids is 1. The van der Waals surface area contributed by atoms with E-state index in [0.29, 0.717) is 25.1 Å². The highest BCUT2D eigenvalue weighted by Gasteiger charge is 2.31. The van der Waals surface area contributed by atoms with Gasteiger partial charge in [0.25, 0.3) is 0 Å². The third kappa shape index (κ3) is 5.75. The van der Waals surface area contributed by atoms with Crippen LogP contribution in [0.4, 0.5) is 13.2 Å². The molecule has 144 valence electrons. The molecule has 1 N–H and O–H groups in total. The minimum Gasteiger partial charge on any atom is -0.481 e. The number of likely N-dealkylation sites (tertiary alicyclic amines) is 1. The van der Waals surface area contributed by atoms with Crippen LogP contribution in [0.3, 0.4) is 0 Å². The third-order valence-electron chi connectivity index (χ3n) is 4.81. The first-order chi connectivity index (χ1) is 12.2. The Labute approximate surface area is 151 Å². The second kappa shape index (κ2) is 8.56. The van der Waals surface area contributed by atoms with Crippen LogP contribution in [-0.2, 0) is 22.2 Å². The Kier molecular flexibility index (Phi) is 6.67. The maximum atomic E-state index is 12.8. The van der Waals surface area contributed by atoms with E-state index in [1.165, 1.54) is 6.07 Å². The zero-order chi connectivity index (χ0) is 19.3. The Balaban J connectivity index is 1.95. The number of carbonyl (C=O) groups is 2. The molecular weight excluding hydrogens is 347 g/mol. The quantitative estimate of drug-likeness (QED) is 0.823. The van der Waals surface area contributed by atoms with Crippen molar-refractivity contribution in [2.45, 2.75) is 45.2 Å². The zero-order valence-corrected chi connectivity index (χ0v) is 14.8. The summed E-state index contributed by atoms with van der Waals surface area (Å²) in [5.41, 5.74) is -0.221. The summed E-state index contributed by atoms with van der Waals surface area (Å²) in [5.74, 6) is -1.17. The number of nitrogens with zero attached hydrogens (tertiary/aromatic N) is 1. The molecule has 1 aromatic rings. The minimum atomic E-state index is -4.40. The molecule has 1 aromatic carbocycles. The molecule has 0 radical (unpaired) electrons. The van der Waals surface area contributed by atoms with Gasteiger partial charge in [0, 0.05) is 25.4 Å². The number of carbonyl (C=O) groups excluding carboxylic acids is 1. The largest absolute Gasteiger partial charge is 0.481 e. The van der Waals surface area contributed by atoms with Crippen molar-refractivity contribution in [3.8, 4) is 0 Å². The van der Waals surface area contributed by atoms with Crippen LogP contribution in [0.15, 0.2) is 24.3 Å². The van der Waals surface area contributed by atoms with Gasteiger partial charge in [-0.1, -0.05) is 25.1 Å². The highest BCUT2D eigenvalue weighted by atomic mass is 19.4. The summed E-state index contributed by atoms with van der Waals surface area (Å²) in [6.07, 6.45) is -1.79. The fourth-order valence-corrected chi connectivity index (χ4v) is 3.46. The molecule has 26 heavy (non-hydrogen) atoms. The maximum absolute atomic E-state index is 12.8. The minimum absolute atomic E-state index is 0.0811. The van der Waals surface area contributed by atoms with Crippen molar-refractivity contribution < 1.29 is 27.9 Å². The Hall–Kier alpha value is -2.05. The number of piperidine rings is 1. The second-order valence-corrected chi connectivity index (χ2v) is 7.03. The van der Waals surface area contributed by atoms with Gasteiger partial charge >= 0.3 is 12.1 Å². The van der Waals surface area contributed by atoms with Crippen LogP contribution in [0.1, 0.15) is 43.7 Å². The lowest BCUT2D eigenvalue weighted by Gasteiger charge is -2.34. The van der Waals surface area contributed by atoms with E-state index in [-0.39, 0.29) is 24.7 Å². The highest BCUT2D eigenvalue weighted by Crippen LogP contribution is 2.30. The predicted molar refractivity (Wildman–Crippen MR) is 90.5 cm³/mol. The van der Waals surface area contributed by atoms with Crippen molar-refractivity contribution in [1.29, 1.82) is 0 Å². The van der Waals surface area contributed by atoms with Crippen molar-refractivity contribution in [3.05, 3.63) is 35.4 Å². The van der Waals surface area contributed by atoms with Crippen LogP contribution < -0.4 is 0 Å². The number of rotatable bonds is 6. The average Bonchev–Trinajstić information content (AvgIpc) is 2.59. The van der Waals surface area contributed by atoms with Crippen LogP contribution in [-0.4, -0.2) is 35.0 Å². The van der Waals surface area contributed by atoms with Gasteiger partial charge in [0.2, 0.25) is 5.91 Å². The number of amides is 1. The number of aliphatic carboxylic acids is 1. The van der Waals surface area contributed by atoms with E-state index in [4.69, 9.17) is 5.11 Å². The maximum Gasteiger partial charge on any atom is 0.416 e. The lowest BCUT2D eigenvalue weighted by atomic mass is 9.91. The van der Waals surface area contributed by atoms with E-state index >= 15 is 0 Å². The van der Waals surface area contributed by atoms with Crippen molar-refractivity contribution in [3.63, 3.8) is 0 Å². The molecule has 1 aliphatic heterocycles. The Bertz CT molecular complexity index is 645. The van der Waals surface area contributed by atoms with Gasteiger partial charge in [-0.05, 0) is 43.2 Å². The van der Waals surface area contributed by atoms with Gasteiger partial charge in [0.05, 0.1) is 5.56 Å². The van der Waals surface area contributed by atoms with E-state index in [2.05, 4.69) is 0 Å². The van der Waals surface area contributed by atoms with Crippen LogP contribution in [0.5, 0.6) is 0 Å². The van der Waals surface area contributed by atoms with Crippen LogP contribution in [0, 0.1) is 11.8 Å². The van der Waals surface area contributed by atoms with Gasteiger partial charge in [0.1, 0.15) is 0 Å². The summed E-state index contributed by atoms with van der Waals surface area (Å²) >= 11 is 0. The predicted octanol–water partition coefficient (Wildman–Crippen LogP) is 3.99. The molecule has 1 amide bonds. The first-order valence-corrected chi connectivity index (χ1v) is 8.83. The van der Waals surface area contributed by atoms with Crippen LogP contribution >= 0.6 is 0 Å². The van der Waals surface area contributed by atoms with Crippen molar-refractivity contribution in [1.82, 2.24) is 4.90 Å². The highest BCUT2D eigenvalue weighted by molar-refractivity contribution is 5.79. The molecule has 4 nitrogen and oxygen atoms in total. The lowest BCUT2D eigenvalue weighted by molar-refractivity contribution is -0.138. The molecule has 2 unspecified atom stereocenters. The summed E-state index contributed by atoms with van der Waals surface area (Å²) in [6.45, 7) is 2.87. The lowest BCUT2D eigenvalue weighted by Crippen LogP contribution is -2.43.